The smallest absolute Gasteiger partial charge is 0.357 e. The summed E-state index contributed by atoms with van der Waals surface area (Å²) in [5, 5.41) is 6.13. The second-order valence-electron chi connectivity index (χ2n) is 3.99. The van der Waals surface area contributed by atoms with Crippen molar-refractivity contribution in [2.45, 2.75) is 26.8 Å². The van der Waals surface area contributed by atoms with Crippen molar-refractivity contribution in [3.8, 4) is 0 Å². The van der Waals surface area contributed by atoms with E-state index in [1.807, 2.05) is 6.92 Å². The van der Waals surface area contributed by atoms with Gasteiger partial charge in [-0.15, -0.1) is 22.7 Å². The molecule has 0 amide bonds. The number of thiophene rings is 1. The van der Waals surface area contributed by atoms with Gasteiger partial charge >= 0.3 is 5.97 Å². The van der Waals surface area contributed by atoms with Crippen LogP contribution in [0.1, 0.15) is 32.7 Å². The van der Waals surface area contributed by atoms with Crippen LogP contribution in [0.4, 0.5) is 5.13 Å². The highest BCUT2D eigenvalue weighted by Crippen LogP contribution is 2.24. The van der Waals surface area contributed by atoms with Crippen LogP contribution in [-0.4, -0.2) is 18.1 Å². The van der Waals surface area contributed by atoms with Gasteiger partial charge < -0.3 is 10.1 Å². The zero-order valence-corrected chi connectivity index (χ0v) is 12.8. The molecule has 0 radical (unpaired) electrons. The van der Waals surface area contributed by atoms with E-state index in [1.54, 1.807) is 11.3 Å². The molecule has 6 heteroatoms. The molecule has 102 valence electrons. The molecule has 2 aromatic rings. The average Bonchev–Trinajstić information content (AvgIpc) is 3.01. The van der Waals surface area contributed by atoms with E-state index >= 15 is 0 Å². The fourth-order valence-electron chi connectivity index (χ4n) is 1.75. The van der Waals surface area contributed by atoms with E-state index in [1.165, 1.54) is 28.9 Å². The SMILES string of the molecule is CCc1ccsc1CNc1nc(C(=O)OC)c(C)s1. The summed E-state index contributed by atoms with van der Waals surface area (Å²) in [5.41, 5.74) is 1.76. The van der Waals surface area contributed by atoms with Gasteiger partial charge in [0, 0.05) is 9.75 Å². The van der Waals surface area contributed by atoms with Crippen LogP contribution < -0.4 is 5.32 Å². The number of carbonyl (C=O) groups is 1. The molecule has 0 fully saturated rings. The first-order valence-electron chi connectivity index (χ1n) is 6.00. The van der Waals surface area contributed by atoms with Gasteiger partial charge in [0.15, 0.2) is 10.8 Å². The molecule has 0 atom stereocenters. The predicted octanol–water partition coefficient (Wildman–Crippen LogP) is 3.47. The van der Waals surface area contributed by atoms with Crippen LogP contribution in [0.5, 0.6) is 0 Å². The van der Waals surface area contributed by atoms with E-state index in [0.717, 1.165) is 23.0 Å². The normalized spacial score (nSPS) is 10.5. The van der Waals surface area contributed by atoms with Gasteiger partial charge in [0.05, 0.1) is 13.7 Å². The molecule has 1 N–H and O–H groups in total. The van der Waals surface area contributed by atoms with Gasteiger partial charge in [-0.05, 0) is 30.4 Å². The van der Waals surface area contributed by atoms with Crippen LogP contribution in [0, 0.1) is 6.92 Å². The fraction of sp³-hybridized carbons (Fsp3) is 0.385. The van der Waals surface area contributed by atoms with Gasteiger partial charge in [-0.1, -0.05) is 6.92 Å². The van der Waals surface area contributed by atoms with Crippen molar-refractivity contribution in [3.05, 3.63) is 32.5 Å². The maximum Gasteiger partial charge on any atom is 0.357 e. The van der Waals surface area contributed by atoms with Gasteiger partial charge in [0.2, 0.25) is 0 Å². The van der Waals surface area contributed by atoms with E-state index in [0.29, 0.717) is 5.69 Å². The predicted molar refractivity (Wildman–Crippen MR) is 79.2 cm³/mol. The van der Waals surface area contributed by atoms with Crippen LogP contribution in [-0.2, 0) is 17.7 Å². The Kier molecular flexibility index (Phi) is 4.55. The molecule has 0 aromatic carbocycles. The quantitative estimate of drug-likeness (QED) is 0.858. The maximum atomic E-state index is 11.5. The number of nitrogens with one attached hydrogen (secondary N) is 1. The molecule has 0 aliphatic carbocycles. The molecule has 0 bridgehead atoms. The van der Waals surface area contributed by atoms with E-state index in [2.05, 4.69) is 28.7 Å². The number of methoxy groups -OCH3 is 1. The molecular formula is C13H16N2O2S2. The summed E-state index contributed by atoms with van der Waals surface area (Å²) in [6.45, 7) is 4.76. The Morgan fingerprint density at radius 2 is 2.32 bits per heavy atom. The van der Waals surface area contributed by atoms with E-state index in [9.17, 15) is 4.79 Å². The Hall–Kier alpha value is -1.40. The van der Waals surface area contributed by atoms with Crippen molar-refractivity contribution in [1.82, 2.24) is 4.98 Å². The van der Waals surface area contributed by atoms with Crippen LogP contribution in [0.3, 0.4) is 0 Å². The minimum Gasteiger partial charge on any atom is -0.464 e. The summed E-state index contributed by atoms with van der Waals surface area (Å²) in [6.07, 6.45) is 1.03. The first-order chi connectivity index (χ1) is 9.15. The summed E-state index contributed by atoms with van der Waals surface area (Å²) >= 11 is 3.21. The summed E-state index contributed by atoms with van der Waals surface area (Å²) < 4.78 is 4.70. The van der Waals surface area contributed by atoms with Crippen LogP contribution in [0.2, 0.25) is 0 Å². The standard InChI is InChI=1S/C13H16N2O2S2/c1-4-9-5-6-18-10(9)7-14-13-15-11(8(2)19-13)12(16)17-3/h5-6H,4,7H2,1-3H3,(H,14,15). The van der Waals surface area contributed by atoms with Crippen molar-refractivity contribution >= 4 is 33.8 Å². The van der Waals surface area contributed by atoms with Gasteiger partial charge in [0.1, 0.15) is 0 Å². The van der Waals surface area contributed by atoms with Gasteiger partial charge in [-0.3, -0.25) is 0 Å². The molecule has 4 nitrogen and oxygen atoms in total. The summed E-state index contributed by atoms with van der Waals surface area (Å²) in [4.78, 5) is 17.9. The largest absolute Gasteiger partial charge is 0.464 e. The number of hydrogen-bond donors (Lipinski definition) is 1. The zero-order valence-electron chi connectivity index (χ0n) is 11.1. The number of esters is 1. The Morgan fingerprint density at radius 3 is 3.00 bits per heavy atom. The second kappa shape index (κ2) is 6.16. The lowest BCUT2D eigenvalue weighted by Gasteiger charge is -2.02. The van der Waals surface area contributed by atoms with Crippen LogP contribution in [0.25, 0.3) is 0 Å². The fourth-order valence-corrected chi connectivity index (χ4v) is 3.46. The molecule has 0 saturated heterocycles. The second-order valence-corrected chi connectivity index (χ2v) is 6.20. The van der Waals surface area contributed by atoms with Crippen LogP contribution >= 0.6 is 22.7 Å². The number of anilines is 1. The molecule has 0 saturated carbocycles. The highest BCUT2D eigenvalue weighted by atomic mass is 32.1. The number of carbonyl (C=O) groups excluding carboxylic acids is 1. The molecule has 0 aliphatic rings. The third-order valence-electron chi connectivity index (χ3n) is 2.79. The number of hydrogen-bond acceptors (Lipinski definition) is 6. The van der Waals surface area contributed by atoms with E-state index in [4.69, 9.17) is 4.74 Å². The number of rotatable bonds is 5. The number of nitrogens with zero attached hydrogens (tertiary/aromatic N) is 1. The molecule has 2 rings (SSSR count). The highest BCUT2D eigenvalue weighted by Gasteiger charge is 2.15. The third kappa shape index (κ3) is 3.13. The summed E-state index contributed by atoms with van der Waals surface area (Å²) in [7, 11) is 1.37. The Bertz CT molecular complexity index is 575. The van der Waals surface area contributed by atoms with Crippen molar-refractivity contribution in [2.24, 2.45) is 0 Å². The monoisotopic (exact) mass is 296 g/mol. The minimum absolute atomic E-state index is 0.382. The number of aromatic nitrogens is 1. The maximum absolute atomic E-state index is 11.5. The van der Waals surface area contributed by atoms with Crippen molar-refractivity contribution in [1.29, 1.82) is 0 Å². The molecule has 19 heavy (non-hydrogen) atoms. The molecule has 2 heterocycles. The highest BCUT2D eigenvalue weighted by molar-refractivity contribution is 7.15. The third-order valence-corrected chi connectivity index (χ3v) is 4.69. The molecule has 0 aliphatic heterocycles. The Morgan fingerprint density at radius 1 is 1.53 bits per heavy atom. The molecule has 2 aromatic heterocycles. The molecular weight excluding hydrogens is 280 g/mol. The lowest BCUT2D eigenvalue weighted by Crippen LogP contribution is -2.04. The topological polar surface area (TPSA) is 51.2 Å². The lowest BCUT2D eigenvalue weighted by atomic mass is 10.2. The Balaban J connectivity index is 2.06. The van der Waals surface area contributed by atoms with Crippen molar-refractivity contribution in [2.75, 3.05) is 12.4 Å². The minimum atomic E-state index is -0.382. The number of thiazole rings is 1. The summed E-state index contributed by atoms with van der Waals surface area (Å²) in [6, 6.07) is 2.15. The molecule has 0 spiro atoms. The van der Waals surface area contributed by atoms with Gasteiger partial charge in [-0.2, -0.15) is 0 Å². The first kappa shape index (κ1) is 14.0. The zero-order chi connectivity index (χ0) is 13.8. The van der Waals surface area contributed by atoms with Crippen LogP contribution in [0.15, 0.2) is 11.4 Å². The number of aryl methyl sites for hydroxylation is 2. The van der Waals surface area contributed by atoms with Gasteiger partial charge in [0.25, 0.3) is 0 Å². The molecule has 0 unspecified atom stereocenters. The van der Waals surface area contributed by atoms with Crippen molar-refractivity contribution < 1.29 is 9.53 Å². The average molecular weight is 296 g/mol. The summed E-state index contributed by atoms with van der Waals surface area (Å²) in [5.74, 6) is -0.382. The van der Waals surface area contributed by atoms with Gasteiger partial charge in [-0.25, -0.2) is 9.78 Å². The first-order valence-corrected chi connectivity index (χ1v) is 7.70. The van der Waals surface area contributed by atoms with E-state index < -0.39 is 0 Å². The Labute approximate surface area is 120 Å². The van der Waals surface area contributed by atoms with Crippen molar-refractivity contribution in [3.63, 3.8) is 0 Å². The van der Waals surface area contributed by atoms with E-state index in [-0.39, 0.29) is 5.97 Å². The number of ether oxygens (including phenoxy) is 1. The lowest BCUT2D eigenvalue weighted by molar-refractivity contribution is 0.0594.